The van der Waals surface area contributed by atoms with E-state index in [0.717, 1.165) is 12.7 Å². The minimum absolute atomic E-state index is 0.0266. The lowest BCUT2D eigenvalue weighted by atomic mass is 9.93. The molecule has 0 saturated heterocycles. The Hall–Kier alpha value is -1.18. The van der Waals surface area contributed by atoms with E-state index in [-0.39, 0.29) is 11.7 Å². The molecule has 0 saturated carbocycles. The summed E-state index contributed by atoms with van der Waals surface area (Å²) in [5.74, 6) is -0.185. The van der Waals surface area contributed by atoms with Crippen LogP contribution in [0.2, 0.25) is 0 Å². The van der Waals surface area contributed by atoms with Crippen LogP contribution in [0, 0.1) is 5.82 Å². The van der Waals surface area contributed by atoms with E-state index >= 15 is 0 Å². The molecule has 1 rings (SSSR count). The van der Waals surface area contributed by atoms with Gasteiger partial charge in [-0.3, -0.25) is 0 Å². The number of carbonyl (C=O) groups is 1. The Morgan fingerprint density at radius 2 is 2.15 bits per heavy atom. The molecule has 0 spiro atoms. The maximum absolute atomic E-state index is 13.2. The average molecular weight is 180 g/mol. The highest BCUT2D eigenvalue weighted by molar-refractivity contribution is 5.51. The van der Waals surface area contributed by atoms with E-state index in [1.54, 1.807) is 18.2 Å². The van der Waals surface area contributed by atoms with E-state index in [2.05, 4.69) is 0 Å². The first-order valence-electron chi connectivity index (χ1n) is 4.47. The van der Waals surface area contributed by atoms with Crippen LogP contribution in [0.25, 0.3) is 0 Å². The fraction of sp³-hybridized carbons (Fsp3) is 0.364. The summed E-state index contributed by atoms with van der Waals surface area (Å²) < 4.78 is 13.2. The third-order valence-electron chi connectivity index (χ3n) is 2.22. The minimum atomic E-state index is -0.212. The lowest BCUT2D eigenvalue weighted by Gasteiger charge is -2.12. The topological polar surface area (TPSA) is 17.1 Å². The van der Waals surface area contributed by atoms with Crippen molar-refractivity contribution in [2.75, 3.05) is 0 Å². The third kappa shape index (κ3) is 2.38. The largest absolute Gasteiger partial charge is 0.303 e. The first-order valence-corrected chi connectivity index (χ1v) is 4.47. The molecule has 0 aliphatic heterocycles. The van der Waals surface area contributed by atoms with Crippen molar-refractivity contribution in [1.29, 1.82) is 0 Å². The molecule has 1 atom stereocenters. The number of carbonyl (C=O) groups excluding carboxylic acids is 1. The molecule has 2 heteroatoms. The quantitative estimate of drug-likeness (QED) is 0.651. The lowest BCUT2D eigenvalue weighted by Crippen LogP contribution is -2.00. The van der Waals surface area contributed by atoms with Gasteiger partial charge in [0.15, 0.2) is 0 Å². The minimum Gasteiger partial charge on any atom is -0.303 e. The van der Waals surface area contributed by atoms with Crippen LogP contribution < -0.4 is 0 Å². The van der Waals surface area contributed by atoms with Crippen molar-refractivity contribution in [2.45, 2.75) is 25.7 Å². The Morgan fingerprint density at radius 3 is 2.69 bits per heavy atom. The highest BCUT2D eigenvalue weighted by Crippen LogP contribution is 2.24. The van der Waals surface area contributed by atoms with Crippen molar-refractivity contribution in [3.05, 3.63) is 35.6 Å². The van der Waals surface area contributed by atoms with Crippen LogP contribution in [0.1, 0.15) is 31.2 Å². The van der Waals surface area contributed by atoms with Gasteiger partial charge < -0.3 is 4.79 Å². The third-order valence-corrected chi connectivity index (χ3v) is 2.22. The van der Waals surface area contributed by atoms with Crippen molar-refractivity contribution in [1.82, 2.24) is 0 Å². The molecule has 0 aromatic heterocycles. The summed E-state index contributed by atoms with van der Waals surface area (Å²) in [6.45, 7) is 1.96. The molecule has 70 valence electrons. The van der Waals surface area contributed by atoms with Crippen LogP contribution in [0.5, 0.6) is 0 Å². The van der Waals surface area contributed by atoms with E-state index in [1.807, 2.05) is 6.92 Å². The molecule has 1 unspecified atom stereocenters. The predicted molar refractivity (Wildman–Crippen MR) is 50.1 cm³/mol. The SMILES string of the molecule is CCC(CC=O)c1ccccc1F. The number of aldehydes is 1. The van der Waals surface area contributed by atoms with Gasteiger partial charge in [0.25, 0.3) is 0 Å². The smallest absolute Gasteiger partial charge is 0.126 e. The van der Waals surface area contributed by atoms with Crippen LogP contribution in [0.4, 0.5) is 4.39 Å². The molecule has 1 nitrogen and oxygen atoms in total. The maximum Gasteiger partial charge on any atom is 0.126 e. The van der Waals surface area contributed by atoms with Crippen molar-refractivity contribution in [3.8, 4) is 0 Å². The van der Waals surface area contributed by atoms with E-state index in [4.69, 9.17) is 0 Å². The van der Waals surface area contributed by atoms with Crippen LogP contribution >= 0.6 is 0 Å². The van der Waals surface area contributed by atoms with Crippen LogP contribution in [0.15, 0.2) is 24.3 Å². The second-order valence-electron chi connectivity index (χ2n) is 3.03. The molecule has 0 N–H and O–H groups in total. The van der Waals surface area contributed by atoms with Gasteiger partial charge in [0.2, 0.25) is 0 Å². The van der Waals surface area contributed by atoms with Crippen molar-refractivity contribution >= 4 is 6.29 Å². The lowest BCUT2D eigenvalue weighted by molar-refractivity contribution is -0.108. The maximum atomic E-state index is 13.2. The summed E-state index contributed by atoms with van der Waals surface area (Å²) in [6.07, 6.45) is 2.04. The fourth-order valence-corrected chi connectivity index (χ4v) is 1.44. The summed E-state index contributed by atoms with van der Waals surface area (Å²) in [6, 6.07) is 6.63. The molecule has 1 aromatic rings. The summed E-state index contributed by atoms with van der Waals surface area (Å²) >= 11 is 0. The Labute approximate surface area is 77.6 Å². The summed E-state index contributed by atoms with van der Waals surface area (Å²) in [7, 11) is 0. The Bertz CT molecular complexity index is 283. The summed E-state index contributed by atoms with van der Waals surface area (Å²) in [4.78, 5) is 10.3. The zero-order chi connectivity index (χ0) is 9.68. The normalized spacial score (nSPS) is 12.5. The van der Waals surface area contributed by atoms with E-state index < -0.39 is 0 Å². The molecule has 0 amide bonds. The van der Waals surface area contributed by atoms with Gasteiger partial charge in [0, 0.05) is 6.42 Å². The Morgan fingerprint density at radius 1 is 1.46 bits per heavy atom. The zero-order valence-electron chi connectivity index (χ0n) is 7.66. The van der Waals surface area contributed by atoms with Gasteiger partial charge in [-0.1, -0.05) is 25.1 Å². The number of rotatable bonds is 4. The van der Waals surface area contributed by atoms with Crippen LogP contribution in [-0.2, 0) is 4.79 Å². The van der Waals surface area contributed by atoms with Crippen molar-refractivity contribution in [2.24, 2.45) is 0 Å². The predicted octanol–water partition coefficient (Wildman–Crippen LogP) is 2.91. The molecule has 0 bridgehead atoms. The molecule has 0 fully saturated rings. The molecule has 13 heavy (non-hydrogen) atoms. The van der Waals surface area contributed by atoms with E-state index in [9.17, 15) is 9.18 Å². The molecule has 1 aromatic carbocycles. The van der Waals surface area contributed by atoms with Gasteiger partial charge in [-0.25, -0.2) is 4.39 Å². The number of hydrogen-bond acceptors (Lipinski definition) is 1. The molecule has 0 heterocycles. The zero-order valence-corrected chi connectivity index (χ0v) is 7.66. The molecule has 0 aliphatic rings. The summed E-state index contributed by atoms with van der Waals surface area (Å²) in [5.41, 5.74) is 0.650. The molecule has 0 radical (unpaired) electrons. The highest BCUT2D eigenvalue weighted by atomic mass is 19.1. The standard InChI is InChI=1S/C11H13FO/c1-2-9(7-8-13)10-5-3-4-6-11(10)12/h3-6,8-9H,2,7H2,1H3. The Kier molecular flexibility index (Phi) is 3.62. The van der Waals surface area contributed by atoms with Gasteiger partial charge in [-0.15, -0.1) is 0 Å². The molecule has 0 aliphatic carbocycles. The van der Waals surface area contributed by atoms with Gasteiger partial charge in [0.1, 0.15) is 12.1 Å². The second-order valence-corrected chi connectivity index (χ2v) is 3.03. The van der Waals surface area contributed by atoms with Gasteiger partial charge in [-0.2, -0.15) is 0 Å². The number of benzene rings is 1. The van der Waals surface area contributed by atoms with Gasteiger partial charge >= 0.3 is 0 Å². The van der Waals surface area contributed by atoms with Crippen molar-refractivity contribution in [3.63, 3.8) is 0 Å². The molecular formula is C11H13FO. The number of halogens is 1. The second kappa shape index (κ2) is 4.75. The average Bonchev–Trinajstić information content (AvgIpc) is 2.16. The first kappa shape index (κ1) is 9.90. The van der Waals surface area contributed by atoms with Crippen molar-refractivity contribution < 1.29 is 9.18 Å². The van der Waals surface area contributed by atoms with Gasteiger partial charge in [-0.05, 0) is 24.0 Å². The number of hydrogen-bond donors (Lipinski definition) is 0. The van der Waals surface area contributed by atoms with Gasteiger partial charge in [0.05, 0.1) is 0 Å². The fourth-order valence-electron chi connectivity index (χ4n) is 1.44. The van der Waals surface area contributed by atoms with Crippen LogP contribution in [0.3, 0.4) is 0 Å². The Balaban J connectivity index is 2.90. The molecular weight excluding hydrogens is 167 g/mol. The van der Waals surface area contributed by atoms with Crippen LogP contribution in [-0.4, -0.2) is 6.29 Å². The highest BCUT2D eigenvalue weighted by Gasteiger charge is 2.12. The first-order chi connectivity index (χ1) is 6.29. The summed E-state index contributed by atoms with van der Waals surface area (Å²) in [5, 5.41) is 0. The van der Waals surface area contributed by atoms with E-state index in [1.165, 1.54) is 6.07 Å². The monoisotopic (exact) mass is 180 g/mol. The van der Waals surface area contributed by atoms with E-state index in [0.29, 0.717) is 12.0 Å².